The van der Waals surface area contributed by atoms with Crippen molar-refractivity contribution in [3.63, 3.8) is 0 Å². The highest BCUT2D eigenvalue weighted by molar-refractivity contribution is 7.12. The molecule has 120 valence electrons. The van der Waals surface area contributed by atoms with Crippen molar-refractivity contribution in [2.75, 3.05) is 6.54 Å². The summed E-state index contributed by atoms with van der Waals surface area (Å²) in [5.41, 5.74) is 5.98. The predicted molar refractivity (Wildman–Crippen MR) is 87.7 cm³/mol. The summed E-state index contributed by atoms with van der Waals surface area (Å²) in [5, 5.41) is 9.43. The molecule has 0 radical (unpaired) electrons. The minimum Gasteiger partial charge on any atom is -0.350 e. The van der Waals surface area contributed by atoms with Crippen LogP contribution in [-0.2, 0) is 19.3 Å². The number of hydrogen-bond acceptors (Lipinski definition) is 3. The van der Waals surface area contributed by atoms with Crippen LogP contribution in [0.4, 0.5) is 9.18 Å². The summed E-state index contributed by atoms with van der Waals surface area (Å²) in [7, 11) is 0. The Bertz CT molecular complexity index is 716. The fourth-order valence-corrected chi connectivity index (χ4v) is 2.89. The van der Waals surface area contributed by atoms with E-state index in [0.717, 1.165) is 23.3 Å². The number of primary amides is 1. The number of rotatable bonds is 5. The molecule has 0 atom stereocenters. The minimum absolute atomic E-state index is 0.0991. The zero-order valence-electron chi connectivity index (χ0n) is 12.5. The Morgan fingerprint density at radius 3 is 2.52 bits per heavy atom. The molecule has 2 amide bonds. The van der Waals surface area contributed by atoms with E-state index in [4.69, 9.17) is 10.9 Å². The van der Waals surface area contributed by atoms with E-state index >= 15 is 0 Å². The highest BCUT2D eigenvalue weighted by atomic mass is 32.1. The zero-order chi connectivity index (χ0) is 16.7. The second-order valence-electron chi connectivity index (χ2n) is 4.92. The van der Waals surface area contributed by atoms with E-state index in [9.17, 15) is 9.18 Å². The molecule has 0 fully saturated rings. The lowest BCUT2D eigenvalue weighted by Crippen LogP contribution is -2.32. The first-order valence-electron chi connectivity index (χ1n) is 7.08. The van der Waals surface area contributed by atoms with Crippen LogP contribution in [0.3, 0.4) is 0 Å². The van der Waals surface area contributed by atoms with Crippen LogP contribution < -0.4 is 5.73 Å². The van der Waals surface area contributed by atoms with Gasteiger partial charge in [0.1, 0.15) is 12.4 Å². The molecule has 6 heteroatoms. The van der Waals surface area contributed by atoms with Crippen LogP contribution in [0.25, 0.3) is 0 Å². The number of thiophene rings is 1. The molecule has 1 aromatic heterocycles. The lowest BCUT2D eigenvalue weighted by molar-refractivity contribution is -0.0269. The van der Waals surface area contributed by atoms with Gasteiger partial charge in [0.2, 0.25) is 0 Å². The Balaban J connectivity index is 1.80. The SMILES string of the molecule is NC(=O)N(O)CC#CCc1ccc(CCc2ccc(F)cc2)s1. The van der Waals surface area contributed by atoms with Gasteiger partial charge in [0.15, 0.2) is 0 Å². The summed E-state index contributed by atoms with van der Waals surface area (Å²) in [5.74, 6) is 5.35. The zero-order valence-corrected chi connectivity index (χ0v) is 13.3. The fraction of sp³-hybridized carbons (Fsp3) is 0.235. The van der Waals surface area contributed by atoms with Crippen LogP contribution in [0.1, 0.15) is 15.3 Å². The van der Waals surface area contributed by atoms with Gasteiger partial charge in [-0.3, -0.25) is 5.21 Å². The van der Waals surface area contributed by atoms with E-state index in [1.54, 1.807) is 23.5 Å². The number of hydroxylamine groups is 2. The molecular weight excluding hydrogens is 315 g/mol. The number of nitrogens with two attached hydrogens (primary N) is 1. The van der Waals surface area contributed by atoms with Gasteiger partial charge in [-0.1, -0.05) is 24.0 Å². The van der Waals surface area contributed by atoms with E-state index < -0.39 is 6.03 Å². The van der Waals surface area contributed by atoms with Crippen LogP contribution in [0.5, 0.6) is 0 Å². The van der Waals surface area contributed by atoms with Gasteiger partial charge >= 0.3 is 6.03 Å². The molecule has 0 saturated carbocycles. The van der Waals surface area contributed by atoms with Crippen molar-refractivity contribution in [3.8, 4) is 11.8 Å². The molecule has 1 heterocycles. The normalized spacial score (nSPS) is 10.0. The highest BCUT2D eigenvalue weighted by Gasteiger charge is 2.02. The van der Waals surface area contributed by atoms with Crippen molar-refractivity contribution in [3.05, 3.63) is 57.5 Å². The van der Waals surface area contributed by atoms with Crippen molar-refractivity contribution < 1.29 is 14.4 Å². The second-order valence-corrected chi connectivity index (χ2v) is 6.17. The summed E-state index contributed by atoms with van der Waals surface area (Å²) < 4.78 is 12.8. The monoisotopic (exact) mass is 332 g/mol. The molecule has 0 unspecified atom stereocenters. The van der Waals surface area contributed by atoms with Gasteiger partial charge in [-0.15, -0.1) is 11.3 Å². The van der Waals surface area contributed by atoms with Crippen molar-refractivity contribution in [1.82, 2.24) is 5.06 Å². The standard InChI is InChI=1S/C17H17FN2O2S/c18-14-7-4-13(5-8-14)6-9-16-11-10-15(23-16)3-1-2-12-20(22)17(19)21/h4-5,7-8,10-11,22H,3,6,9,12H2,(H2,19,21). The number of amides is 2. The van der Waals surface area contributed by atoms with E-state index in [-0.39, 0.29) is 12.4 Å². The molecule has 0 saturated heterocycles. The summed E-state index contributed by atoms with van der Waals surface area (Å²) in [6, 6.07) is 9.71. The van der Waals surface area contributed by atoms with Crippen LogP contribution in [0, 0.1) is 17.7 Å². The lowest BCUT2D eigenvalue weighted by Gasteiger charge is -2.05. The molecule has 0 aliphatic heterocycles. The van der Waals surface area contributed by atoms with Gasteiger partial charge in [-0.05, 0) is 42.7 Å². The molecule has 4 nitrogen and oxygen atoms in total. The Morgan fingerprint density at radius 1 is 1.13 bits per heavy atom. The molecule has 0 aliphatic rings. The largest absolute Gasteiger partial charge is 0.350 e. The number of halogens is 1. The van der Waals surface area contributed by atoms with E-state index in [2.05, 4.69) is 17.9 Å². The first kappa shape index (κ1) is 17.0. The molecule has 0 bridgehead atoms. The van der Waals surface area contributed by atoms with Gasteiger partial charge in [-0.25, -0.2) is 9.18 Å². The topological polar surface area (TPSA) is 66.6 Å². The summed E-state index contributed by atoms with van der Waals surface area (Å²) in [4.78, 5) is 12.9. The molecule has 2 aromatic rings. The predicted octanol–water partition coefficient (Wildman–Crippen LogP) is 2.99. The molecule has 1 aromatic carbocycles. The van der Waals surface area contributed by atoms with E-state index in [1.165, 1.54) is 17.0 Å². The molecule has 2 rings (SSSR count). The third-order valence-electron chi connectivity index (χ3n) is 3.16. The molecule has 0 aliphatic carbocycles. The summed E-state index contributed by atoms with van der Waals surface area (Å²) in [6.45, 7) is -0.0991. The number of nitrogens with zero attached hydrogens (tertiary/aromatic N) is 1. The van der Waals surface area contributed by atoms with Crippen molar-refractivity contribution in [2.24, 2.45) is 5.73 Å². The van der Waals surface area contributed by atoms with Crippen molar-refractivity contribution >= 4 is 17.4 Å². The number of urea groups is 1. The average molecular weight is 332 g/mol. The highest BCUT2D eigenvalue weighted by Crippen LogP contribution is 2.19. The maximum atomic E-state index is 12.8. The first-order chi connectivity index (χ1) is 11.0. The van der Waals surface area contributed by atoms with Crippen molar-refractivity contribution in [2.45, 2.75) is 19.3 Å². The van der Waals surface area contributed by atoms with Gasteiger partial charge in [0, 0.05) is 16.2 Å². The molecule has 0 spiro atoms. The quantitative estimate of drug-likeness (QED) is 0.502. The van der Waals surface area contributed by atoms with E-state index in [0.29, 0.717) is 11.5 Å². The third kappa shape index (κ3) is 5.74. The third-order valence-corrected chi connectivity index (χ3v) is 4.31. The van der Waals surface area contributed by atoms with Gasteiger partial charge in [0.25, 0.3) is 0 Å². The molecular formula is C17H17FN2O2S. The first-order valence-corrected chi connectivity index (χ1v) is 7.90. The van der Waals surface area contributed by atoms with Crippen molar-refractivity contribution in [1.29, 1.82) is 0 Å². The Labute approximate surface area is 138 Å². The number of hydrogen-bond donors (Lipinski definition) is 2. The Kier molecular flexibility index (Phi) is 6.15. The van der Waals surface area contributed by atoms with Crippen LogP contribution in [-0.4, -0.2) is 22.8 Å². The number of benzene rings is 1. The maximum Gasteiger partial charge on any atom is 0.339 e. The lowest BCUT2D eigenvalue weighted by atomic mass is 10.1. The van der Waals surface area contributed by atoms with Gasteiger partial charge < -0.3 is 5.73 Å². The average Bonchev–Trinajstić information content (AvgIpc) is 2.98. The summed E-state index contributed by atoms with van der Waals surface area (Å²) in [6.07, 6.45) is 2.33. The minimum atomic E-state index is -0.918. The molecule has 23 heavy (non-hydrogen) atoms. The van der Waals surface area contributed by atoms with Gasteiger partial charge in [-0.2, -0.15) is 5.06 Å². The van der Waals surface area contributed by atoms with E-state index in [1.807, 2.05) is 6.07 Å². The number of aryl methyl sites for hydroxylation is 2. The Morgan fingerprint density at radius 2 is 1.83 bits per heavy atom. The Hall–Kier alpha value is -2.36. The van der Waals surface area contributed by atoms with Crippen LogP contribution >= 0.6 is 11.3 Å². The fourth-order valence-electron chi connectivity index (χ4n) is 1.93. The van der Waals surface area contributed by atoms with Gasteiger partial charge in [0.05, 0.1) is 0 Å². The number of carbonyl (C=O) groups is 1. The van der Waals surface area contributed by atoms with Crippen LogP contribution in [0.2, 0.25) is 0 Å². The smallest absolute Gasteiger partial charge is 0.339 e. The summed E-state index contributed by atoms with van der Waals surface area (Å²) >= 11 is 1.68. The number of carbonyl (C=O) groups excluding carboxylic acids is 1. The van der Waals surface area contributed by atoms with Crippen LogP contribution in [0.15, 0.2) is 36.4 Å². The maximum absolute atomic E-state index is 12.8. The molecule has 3 N–H and O–H groups in total. The second kappa shape index (κ2) is 8.32.